The van der Waals surface area contributed by atoms with Crippen LogP contribution in [-0.4, -0.2) is 42.0 Å². The van der Waals surface area contributed by atoms with Gasteiger partial charge < -0.3 is 16.0 Å². The van der Waals surface area contributed by atoms with Crippen LogP contribution in [0.1, 0.15) is 71.1 Å². The molecule has 0 aromatic carbocycles. The van der Waals surface area contributed by atoms with E-state index in [1.165, 1.54) is 44.9 Å². The molecule has 2 rings (SSSR count). The molecule has 0 aromatic rings. The fourth-order valence-corrected chi connectivity index (χ4v) is 4.02. The molecule has 1 unspecified atom stereocenters. The molecule has 1 amide bonds. The number of nitriles is 1. The highest BCUT2D eigenvalue weighted by Gasteiger charge is 2.37. The summed E-state index contributed by atoms with van der Waals surface area (Å²) < 4.78 is 0. The molecule has 1 aliphatic carbocycles. The first-order valence-corrected chi connectivity index (χ1v) is 9.80. The van der Waals surface area contributed by atoms with Gasteiger partial charge in [-0.3, -0.25) is 4.79 Å². The van der Waals surface area contributed by atoms with Gasteiger partial charge in [-0.2, -0.15) is 5.26 Å². The van der Waals surface area contributed by atoms with E-state index in [4.69, 9.17) is 5.73 Å². The number of hydrogen-bond acceptors (Lipinski definition) is 4. The van der Waals surface area contributed by atoms with Gasteiger partial charge in [0.25, 0.3) is 0 Å². The smallest absolute Gasteiger partial charge is 0.238 e. The molecule has 5 nitrogen and oxygen atoms in total. The summed E-state index contributed by atoms with van der Waals surface area (Å²) in [5, 5.41) is 12.6. The molecule has 1 saturated heterocycles. The fraction of sp³-hybridized carbons (Fsp3) is 0.895. The van der Waals surface area contributed by atoms with E-state index < -0.39 is 11.6 Å². The average Bonchev–Trinajstić information content (AvgIpc) is 2.62. The highest BCUT2D eigenvalue weighted by Crippen LogP contribution is 2.27. The maximum absolute atomic E-state index is 12.5. The molecule has 5 heteroatoms. The van der Waals surface area contributed by atoms with Crippen molar-refractivity contribution >= 4 is 5.91 Å². The molecule has 3 N–H and O–H groups in total. The minimum atomic E-state index is -0.718. The Bertz CT molecular complexity index is 431. The van der Waals surface area contributed by atoms with Crippen molar-refractivity contribution < 1.29 is 4.79 Å². The van der Waals surface area contributed by atoms with E-state index in [9.17, 15) is 10.1 Å². The second kappa shape index (κ2) is 9.39. The number of amides is 1. The van der Waals surface area contributed by atoms with Crippen molar-refractivity contribution in [2.24, 2.45) is 11.7 Å². The second-order valence-corrected chi connectivity index (χ2v) is 7.72. The maximum atomic E-state index is 12.5. The van der Waals surface area contributed by atoms with E-state index in [2.05, 4.69) is 23.2 Å². The van der Waals surface area contributed by atoms with Crippen molar-refractivity contribution in [2.45, 2.75) is 82.7 Å². The van der Waals surface area contributed by atoms with Crippen molar-refractivity contribution in [1.29, 1.82) is 5.26 Å². The number of rotatable bonds is 7. The van der Waals surface area contributed by atoms with Gasteiger partial charge in [0.15, 0.2) is 0 Å². The van der Waals surface area contributed by atoms with Crippen LogP contribution in [-0.2, 0) is 4.79 Å². The molecule has 0 spiro atoms. The molecule has 1 aliphatic heterocycles. The van der Waals surface area contributed by atoms with Gasteiger partial charge in [0, 0.05) is 13.1 Å². The van der Waals surface area contributed by atoms with Crippen LogP contribution in [0.15, 0.2) is 0 Å². The van der Waals surface area contributed by atoms with Crippen LogP contribution in [0.3, 0.4) is 0 Å². The lowest BCUT2D eigenvalue weighted by atomic mass is 9.84. The summed E-state index contributed by atoms with van der Waals surface area (Å²) in [5.41, 5.74) is 5.42. The minimum absolute atomic E-state index is 0.135. The van der Waals surface area contributed by atoms with Gasteiger partial charge in [0.1, 0.15) is 5.54 Å². The van der Waals surface area contributed by atoms with Gasteiger partial charge >= 0.3 is 0 Å². The number of piperidine rings is 1. The van der Waals surface area contributed by atoms with E-state index in [0.717, 1.165) is 26.1 Å². The Hall–Kier alpha value is -1.12. The van der Waals surface area contributed by atoms with Gasteiger partial charge in [-0.25, -0.2) is 0 Å². The van der Waals surface area contributed by atoms with Gasteiger partial charge in [-0.05, 0) is 38.1 Å². The first kappa shape index (κ1) is 19.2. The van der Waals surface area contributed by atoms with E-state index in [-0.39, 0.29) is 5.91 Å². The molecular weight excluding hydrogens is 300 g/mol. The summed E-state index contributed by atoms with van der Waals surface area (Å²) in [6.45, 7) is 5.04. The van der Waals surface area contributed by atoms with E-state index in [1.807, 2.05) is 0 Å². The predicted octanol–water partition coefficient (Wildman–Crippen LogP) is 2.56. The van der Waals surface area contributed by atoms with Crippen LogP contribution >= 0.6 is 0 Å². The number of nitrogens with one attached hydrogen (secondary N) is 1. The monoisotopic (exact) mass is 334 g/mol. The molecule has 24 heavy (non-hydrogen) atoms. The maximum Gasteiger partial charge on any atom is 0.238 e. The summed E-state index contributed by atoms with van der Waals surface area (Å²) >= 11 is 0. The zero-order valence-corrected chi connectivity index (χ0v) is 15.2. The highest BCUT2D eigenvalue weighted by atomic mass is 16.2. The minimum Gasteiger partial charge on any atom is -0.336 e. The average molecular weight is 335 g/mol. The van der Waals surface area contributed by atoms with Gasteiger partial charge in [-0.15, -0.1) is 0 Å². The zero-order valence-electron chi connectivity index (χ0n) is 15.2. The molecule has 1 heterocycles. The topological polar surface area (TPSA) is 82.2 Å². The summed E-state index contributed by atoms with van der Waals surface area (Å²) in [7, 11) is 0. The summed E-state index contributed by atoms with van der Waals surface area (Å²) in [5.74, 6) is 0.442. The number of carbonyl (C=O) groups is 1. The molecule has 0 aromatic heterocycles. The highest BCUT2D eigenvalue weighted by molar-refractivity contribution is 5.82. The number of hydrogen-bond donors (Lipinski definition) is 2. The molecular formula is C19H34N4O. The lowest BCUT2D eigenvalue weighted by molar-refractivity contribution is -0.124. The Labute approximate surface area is 147 Å². The van der Waals surface area contributed by atoms with Crippen LogP contribution in [0.2, 0.25) is 0 Å². The van der Waals surface area contributed by atoms with Crippen molar-refractivity contribution in [1.82, 2.24) is 10.2 Å². The van der Waals surface area contributed by atoms with Gasteiger partial charge in [0.2, 0.25) is 5.91 Å². The van der Waals surface area contributed by atoms with Crippen LogP contribution < -0.4 is 11.1 Å². The fourth-order valence-electron chi connectivity index (χ4n) is 4.02. The Kier molecular flexibility index (Phi) is 7.51. The van der Waals surface area contributed by atoms with Gasteiger partial charge in [0.05, 0.1) is 12.1 Å². The number of nitrogens with zero attached hydrogens (tertiary/aromatic N) is 2. The van der Waals surface area contributed by atoms with Crippen molar-refractivity contribution in [3.05, 3.63) is 0 Å². The SMILES string of the molecule is CCCCN1CCC(C#N)(NC(=O)C(N)CC2CCCCC2)CC1. The van der Waals surface area contributed by atoms with Crippen molar-refractivity contribution in [2.75, 3.05) is 19.6 Å². The van der Waals surface area contributed by atoms with Crippen LogP contribution in [0.5, 0.6) is 0 Å². The van der Waals surface area contributed by atoms with Crippen molar-refractivity contribution in [3.63, 3.8) is 0 Å². The zero-order chi connectivity index (χ0) is 17.4. The Morgan fingerprint density at radius 3 is 2.58 bits per heavy atom. The normalized spacial score (nSPS) is 23.4. The summed E-state index contributed by atoms with van der Waals surface area (Å²) in [6, 6.07) is 1.89. The molecule has 136 valence electrons. The molecule has 2 fully saturated rings. The van der Waals surface area contributed by atoms with E-state index >= 15 is 0 Å². The lowest BCUT2D eigenvalue weighted by Gasteiger charge is -2.38. The second-order valence-electron chi connectivity index (χ2n) is 7.72. The molecule has 0 radical (unpaired) electrons. The van der Waals surface area contributed by atoms with Crippen LogP contribution in [0.25, 0.3) is 0 Å². The number of likely N-dealkylation sites (tertiary alicyclic amines) is 1. The third-order valence-corrected chi connectivity index (χ3v) is 5.76. The lowest BCUT2D eigenvalue weighted by Crippen LogP contribution is -2.58. The quantitative estimate of drug-likeness (QED) is 0.749. The predicted molar refractivity (Wildman–Crippen MR) is 96.2 cm³/mol. The third kappa shape index (κ3) is 5.46. The molecule has 1 atom stereocenters. The van der Waals surface area contributed by atoms with Gasteiger partial charge in [-0.1, -0.05) is 45.4 Å². The van der Waals surface area contributed by atoms with E-state index in [0.29, 0.717) is 18.8 Å². The molecule has 2 aliphatic rings. The summed E-state index contributed by atoms with van der Waals surface area (Å²) in [6.07, 6.45) is 10.8. The number of nitrogens with two attached hydrogens (primary N) is 1. The van der Waals surface area contributed by atoms with Crippen LogP contribution in [0, 0.1) is 17.2 Å². The van der Waals surface area contributed by atoms with Crippen LogP contribution in [0.4, 0.5) is 0 Å². The Balaban J connectivity index is 1.81. The first-order chi connectivity index (χ1) is 11.6. The number of carbonyl (C=O) groups excluding carboxylic acids is 1. The van der Waals surface area contributed by atoms with E-state index in [1.54, 1.807) is 0 Å². The van der Waals surface area contributed by atoms with Crippen molar-refractivity contribution in [3.8, 4) is 6.07 Å². The molecule has 1 saturated carbocycles. The number of unbranched alkanes of at least 4 members (excludes halogenated alkanes) is 1. The standard InChI is InChI=1S/C19H34N4O/c1-2-3-11-23-12-9-19(15-20,10-13-23)22-18(24)17(21)14-16-7-5-4-6-8-16/h16-17H,2-14,21H2,1H3,(H,22,24). The third-order valence-electron chi connectivity index (χ3n) is 5.76. The first-order valence-electron chi connectivity index (χ1n) is 9.80. The Morgan fingerprint density at radius 2 is 2.00 bits per heavy atom. The molecule has 0 bridgehead atoms. The largest absolute Gasteiger partial charge is 0.336 e. The summed E-state index contributed by atoms with van der Waals surface area (Å²) in [4.78, 5) is 14.9. The Morgan fingerprint density at radius 1 is 1.33 bits per heavy atom.